The second-order valence-electron chi connectivity index (χ2n) is 7.04. The van der Waals surface area contributed by atoms with Crippen molar-refractivity contribution >= 4 is 46.5 Å². The first-order chi connectivity index (χ1) is 15.6. The second kappa shape index (κ2) is 11.5. The van der Waals surface area contributed by atoms with Crippen LogP contribution in [0.4, 0.5) is 5.69 Å². The van der Waals surface area contributed by atoms with Gasteiger partial charge in [-0.1, -0.05) is 12.1 Å². The van der Waals surface area contributed by atoms with Gasteiger partial charge in [0.05, 0.1) is 6.07 Å². The summed E-state index contributed by atoms with van der Waals surface area (Å²) >= 11 is 3.03. The number of benzene rings is 1. The Bertz CT molecular complexity index is 1230. The Hall–Kier alpha value is -3.05. The minimum absolute atomic E-state index is 0.175. The van der Waals surface area contributed by atoms with E-state index >= 15 is 0 Å². The third kappa shape index (κ3) is 5.80. The van der Waals surface area contributed by atoms with Gasteiger partial charge in [0, 0.05) is 43.2 Å². The Balaban J connectivity index is 1.85. The molecule has 8 nitrogen and oxygen atoms in total. The summed E-state index contributed by atoms with van der Waals surface area (Å²) in [6.45, 7) is 4.05. The lowest BCUT2D eigenvalue weighted by Crippen LogP contribution is -2.34. The van der Waals surface area contributed by atoms with Crippen LogP contribution in [0.15, 0.2) is 29.1 Å². The molecule has 0 bridgehead atoms. The van der Waals surface area contributed by atoms with Crippen LogP contribution in [-0.2, 0) is 17.8 Å². The predicted molar refractivity (Wildman–Crippen MR) is 128 cm³/mol. The number of carbonyl (C=O) groups is 1. The van der Waals surface area contributed by atoms with Crippen LogP contribution >= 0.6 is 23.1 Å². The van der Waals surface area contributed by atoms with Crippen molar-refractivity contribution in [1.82, 2.24) is 14.8 Å². The van der Waals surface area contributed by atoms with E-state index in [2.05, 4.69) is 27.7 Å². The molecular weight excluding hydrogens is 444 g/mol. The monoisotopic (exact) mass is 468 g/mol. The minimum Gasteiger partial charge on any atom is -0.360 e. The molecule has 2 N–H and O–H groups in total. The number of anilines is 1. The van der Waals surface area contributed by atoms with E-state index in [-0.39, 0.29) is 22.3 Å². The average molecular weight is 469 g/mol. The number of nitrogens with one attached hydrogen (secondary N) is 2. The molecule has 0 radical (unpaired) electrons. The molecule has 2 aromatic rings. The van der Waals surface area contributed by atoms with Crippen molar-refractivity contribution in [3.63, 3.8) is 0 Å². The van der Waals surface area contributed by atoms with E-state index in [9.17, 15) is 14.9 Å². The van der Waals surface area contributed by atoms with Crippen LogP contribution in [0.5, 0.6) is 0 Å². The lowest BCUT2D eigenvalue weighted by molar-refractivity contribution is -0.115. The van der Waals surface area contributed by atoms with E-state index in [0.29, 0.717) is 11.1 Å². The second-order valence-corrected chi connectivity index (χ2v) is 9.15. The molecule has 1 aromatic heterocycles. The van der Waals surface area contributed by atoms with Gasteiger partial charge in [0.1, 0.15) is 21.8 Å². The van der Waals surface area contributed by atoms with Crippen LogP contribution in [0.2, 0.25) is 0 Å². The molecule has 0 spiro atoms. The topological polar surface area (TPSA) is 114 Å². The summed E-state index contributed by atoms with van der Waals surface area (Å²) in [4.78, 5) is 27.5. The van der Waals surface area contributed by atoms with E-state index in [0.717, 1.165) is 42.4 Å². The standard InChI is InChI=1S/C22H24N6O2S2/c1-2-28-21(30)19(32-22(28)18(13-24)20(29)25-8-7-23)14-26-17-5-3-4-16(12-17)6-9-27-10-11-31-15-27/h3-5,12,14,26H,2,6,8-11,15H2,1H3,(H,25,29)/b19-14+,22-18-. The molecule has 2 heterocycles. The number of nitrogens with zero attached hydrogens (tertiary/aromatic N) is 4. The molecule has 1 amide bonds. The highest BCUT2D eigenvalue weighted by atomic mass is 32.2. The fourth-order valence-electron chi connectivity index (χ4n) is 3.28. The van der Waals surface area contributed by atoms with Crippen LogP contribution in [0.25, 0.3) is 11.8 Å². The number of carbonyl (C=O) groups excluding carboxylic acids is 1. The van der Waals surface area contributed by atoms with Crippen molar-refractivity contribution in [3.8, 4) is 12.1 Å². The molecule has 1 saturated heterocycles. The Labute approximate surface area is 194 Å². The first-order valence-corrected chi connectivity index (χ1v) is 12.2. The van der Waals surface area contributed by atoms with Crippen molar-refractivity contribution in [1.29, 1.82) is 10.5 Å². The lowest BCUT2D eigenvalue weighted by atomic mass is 10.1. The van der Waals surface area contributed by atoms with E-state index in [4.69, 9.17) is 5.26 Å². The van der Waals surface area contributed by atoms with Gasteiger partial charge >= 0.3 is 0 Å². The SMILES string of the molecule is CCn1c(=O)/c(=C\Nc2cccc(CCN3CCSC3)c2)s/c1=C(/C#N)C(=O)NCC#N. The third-order valence-electron chi connectivity index (χ3n) is 4.94. The molecule has 0 atom stereocenters. The summed E-state index contributed by atoms with van der Waals surface area (Å²) in [5, 5.41) is 23.6. The van der Waals surface area contributed by atoms with E-state index in [1.165, 1.54) is 15.9 Å². The number of thioether (sulfide) groups is 1. The summed E-state index contributed by atoms with van der Waals surface area (Å²) in [7, 11) is 0. The zero-order valence-corrected chi connectivity index (χ0v) is 19.4. The molecule has 1 aliphatic heterocycles. The Morgan fingerprint density at radius 2 is 2.19 bits per heavy atom. The molecule has 1 aromatic carbocycles. The van der Waals surface area contributed by atoms with Gasteiger partial charge in [-0.15, -0.1) is 23.1 Å². The van der Waals surface area contributed by atoms with Crippen LogP contribution < -0.4 is 25.4 Å². The molecule has 0 saturated carbocycles. The first-order valence-electron chi connectivity index (χ1n) is 10.2. The predicted octanol–water partition coefficient (Wildman–Crippen LogP) is 0.643. The summed E-state index contributed by atoms with van der Waals surface area (Å²) < 4.78 is 2.07. The minimum atomic E-state index is -0.666. The van der Waals surface area contributed by atoms with Crippen LogP contribution in [0.1, 0.15) is 12.5 Å². The van der Waals surface area contributed by atoms with Crippen molar-refractivity contribution in [3.05, 3.63) is 49.4 Å². The number of amides is 1. The maximum absolute atomic E-state index is 12.8. The molecule has 166 valence electrons. The van der Waals surface area contributed by atoms with Gasteiger partial charge in [-0.2, -0.15) is 10.5 Å². The summed E-state index contributed by atoms with van der Waals surface area (Å²) in [6.07, 6.45) is 2.57. The number of aromatic nitrogens is 1. The first kappa shape index (κ1) is 23.6. The van der Waals surface area contributed by atoms with E-state index < -0.39 is 5.91 Å². The van der Waals surface area contributed by atoms with Gasteiger partial charge in [0.15, 0.2) is 5.57 Å². The quantitative estimate of drug-likeness (QED) is 0.547. The van der Waals surface area contributed by atoms with Crippen molar-refractivity contribution in [2.24, 2.45) is 0 Å². The Morgan fingerprint density at radius 3 is 2.88 bits per heavy atom. The molecule has 0 aliphatic carbocycles. The van der Waals surface area contributed by atoms with Crippen LogP contribution in [-0.4, -0.2) is 46.6 Å². The lowest BCUT2D eigenvalue weighted by Gasteiger charge is -2.13. The smallest absolute Gasteiger partial charge is 0.270 e. The van der Waals surface area contributed by atoms with Gasteiger partial charge in [-0.05, 0) is 31.0 Å². The summed E-state index contributed by atoms with van der Waals surface area (Å²) in [5.41, 5.74) is 1.63. The number of hydrogen-bond donors (Lipinski definition) is 2. The molecule has 10 heteroatoms. The average Bonchev–Trinajstić information content (AvgIpc) is 3.43. The molecule has 0 unspecified atom stereocenters. The van der Waals surface area contributed by atoms with Crippen LogP contribution in [0, 0.1) is 22.7 Å². The summed E-state index contributed by atoms with van der Waals surface area (Å²) in [5.74, 6) is 1.62. The van der Waals surface area contributed by atoms with Gasteiger partial charge in [-0.3, -0.25) is 19.1 Å². The van der Waals surface area contributed by atoms with Crippen molar-refractivity contribution < 1.29 is 4.79 Å². The number of hydrogen-bond acceptors (Lipinski definition) is 8. The fourth-order valence-corrected chi connectivity index (χ4v) is 5.40. The highest BCUT2D eigenvalue weighted by Crippen LogP contribution is 2.15. The van der Waals surface area contributed by atoms with Crippen molar-refractivity contribution in [2.45, 2.75) is 19.9 Å². The maximum atomic E-state index is 12.8. The Kier molecular flexibility index (Phi) is 8.51. The maximum Gasteiger partial charge on any atom is 0.270 e. The third-order valence-corrected chi connectivity index (χ3v) is 7.09. The highest BCUT2D eigenvalue weighted by molar-refractivity contribution is 7.99. The van der Waals surface area contributed by atoms with Crippen LogP contribution in [0.3, 0.4) is 0 Å². The molecule has 32 heavy (non-hydrogen) atoms. The molecule has 3 rings (SSSR count). The van der Waals surface area contributed by atoms with Gasteiger partial charge in [0.25, 0.3) is 11.5 Å². The zero-order chi connectivity index (χ0) is 22.9. The number of rotatable bonds is 8. The van der Waals surface area contributed by atoms with Gasteiger partial charge in [0.2, 0.25) is 0 Å². The van der Waals surface area contributed by atoms with Gasteiger partial charge in [-0.25, -0.2) is 0 Å². The largest absolute Gasteiger partial charge is 0.360 e. The highest BCUT2D eigenvalue weighted by Gasteiger charge is 2.15. The van der Waals surface area contributed by atoms with E-state index in [1.54, 1.807) is 19.2 Å². The van der Waals surface area contributed by atoms with Crippen molar-refractivity contribution in [2.75, 3.05) is 36.6 Å². The van der Waals surface area contributed by atoms with Gasteiger partial charge < -0.3 is 10.6 Å². The Morgan fingerprint density at radius 1 is 1.34 bits per heavy atom. The molecule has 1 fully saturated rings. The fraction of sp³-hybridized carbons (Fsp3) is 0.364. The zero-order valence-electron chi connectivity index (χ0n) is 17.8. The van der Waals surface area contributed by atoms with E-state index in [1.807, 2.05) is 30.0 Å². The number of thiazole rings is 1. The summed E-state index contributed by atoms with van der Waals surface area (Å²) in [6, 6.07) is 11.7. The number of nitriles is 2. The molecular formula is C22H24N6O2S2. The normalized spacial score (nSPS) is 15.2. The molecule has 1 aliphatic rings.